The number of Topliss-reactive ketones (excluding diaryl/α,β-unsaturated/α-hetero) is 1. The van der Waals surface area contributed by atoms with Crippen LogP contribution in [0.2, 0.25) is 0 Å². The molecule has 3 aromatic rings. The Bertz CT molecular complexity index is 1270. The van der Waals surface area contributed by atoms with Gasteiger partial charge in [-0.25, -0.2) is 8.78 Å². The number of aliphatic hydroxyl groups excluding tert-OH is 1. The van der Waals surface area contributed by atoms with Crippen molar-refractivity contribution in [1.82, 2.24) is 10.6 Å². The summed E-state index contributed by atoms with van der Waals surface area (Å²) in [6.45, 7) is 6.84. The smallest absolute Gasteiger partial charge is 0.251 e. The van der Waals surface area contributed by atoms with Crippen LogP contribution in [-0.2, 0) is 19.4 Å². The van der Waals surface area contributed by atoms with Crippen molar-refractivity contribution in [2.24, 2.45) is 5.92 Å². The molecular weight excluding hydrogens is 522 g/mol. The van der Waals surface area contributed by atoms with Gasteiger partial charge in [-0.3, -0.25) is 9.59 Å². The highest BCUT2D eigenvalue weighted by Gasteiger charge is 2.24. The van der Waals surface area contributed by atoms with Crippen LogP contribution in [-0.4, -0.2) is 35.5 Å². The molecule has 0 bridgehead atoms. The molecule has 0 saturated carbocycles. The topological polar surface area (TPSA) is 78.4 Å². The zero-order chi connectivity index (χ0) is 29.8. The molecule has 1 amide bonds. The summed E-state index contributed by atoms with van der Waals surface area (Å²) in [4.78, 5) is 26.5. The van der Waals surface area contributed by atoms with Crippen LogP contribution in [0.3, 0.4) is 0 Å². The average molecular weight is 565 g/mol. The highest BCUT2D eigenvalue weighted by Crippen LogP contribution is 2.21. The first kappa shape index (κ1) is 32.1. The Morgan fingerprint density at radius 1 is 0.805 bits per heavy atom. The van der Waals surface area contributed by atoms with Crippen LogP contribution in [0.25, 0.3) is 0 Å². The highest BCUT2D eigenvalue weighted by molar-refractivity contribution is 6.01. The summed E-state index contributed by atoms with van der Waals surface area (Å²) in [5, 5.41) is 17.2. The molecule has 0 aliphatic carbocycles. The van der Waals surface area contributed by atoms with Gasteiger partial charge in [0.05, 0.1) is 12.1 Å². The Morgan fingerprint density at radius 2 is 1.44 bits per heavy atom. The SMILES string of the molecule is CCCC(CCC)C(=O)c1cccc(C(=O)N[C@@H](Cc2cc(F)cc(F)c2)[C@@H](O)CNCc2cccc(CC)c2)c1. The fourth-order valence-electron chi connectivity index (χ4n) is 5.14. The molecule has 220 valence electrons. The van der Waals surface area contributed by atoms with E-state index in [1.54, 1.807) is 24.3 Å². The number of hydrogen-bond donors (Lipinski definition) is 3. The molecule has 0 saturated heterocycles. The Labute approximate surface area is 242 Å². The molecule has 0 unspecified atom stereocenters. The molecule has 0 radical (unpaired) electrons. The van der Waals surface area contributed by atoms with Gasteiger partial charge in [0.2, 0.25) is 0 Å². The van der Waals surface area contributed by atoms with Crippen LogP contribution in [0.4, 0.5) is 8.78 Å². The standard InChI is InChI=1S/C34H42F2N2O3/c1-4-9-26(10-5-2)33(40)27-13-8-14-28(19-27)34(41)38-31(18-25-16-29(35)20-30(36)17-25)32(39)22-37-21-24-12-7-11-23(6-3)15-24/h7-8,11-17,19-20,26,31-32,37,39H,4-6,9-10,18,21-22H2,1-3H3,(H,38,41)/t31-,32-/m0/s1. The van der Waals surface area contributed by atoms with Gasteiger partial charge in [-0.2, -0.15) is 0 Å². The van der Waals surface area contributed by atoms with Crippen LogP contribution in [0.15, 0.2) is 66.7 Å². The van der Waals surface area contributed by atoms with Gasteiger partial charge < -0.3 is 15.7 Å². The van der Waals surface area contributed by atoms with E-state index in [0.717, 1.165) is 43.7 Å². The average Bonchev–Trinajstić information content (AvgIpc) is 2.96. The van der Waals surface area contributed by atoms with Gasteiger partial charge in [0, 0.05) is 36.2 Å². The third-order valence-electron chi connectivity index (χ3n) is 7.30. The summed E-state index contributed by atoms with van der Waals surface area (Å²) < 4.78 is 27.8. The van der Waals surface area contributed by atoms with Crippen molar-refractivity contribution in [3.63, 3.8) is 0 Å². The number of aryl methyl sites for hydroxylation is 1. The fraction of sp³-hybridized carbons (Fsp3) is 0.412. The van der Waals surface area contributed by atoms with Crippen molar-refractivity contribution in [3.05, 3.63) is 106 Å². The summed E-state index contributed by atoms with van der Waals surface area (Å²) in [6.07, 6.45) is 3.25. The monoisotopic (exact) mass is 564 g/mol. The lowest BCUT2D eigenvalue weighted by atomic mass is 9.89. The maximum absolute atomic E-state index is 13.9. The lowest BCUT2D eigenvalue weighted by Gasteiger charge is -2.25. The predicted octanol–water partition coefficient (Wildman–Crippen LogP) is 6.42. The number of ketones is 1. The molecule has 0 aliphatic rings. The van der Waals surface area contributed by atoms with E-state index in [0.29, 0.717) is 17.7 Å². The second kappa shape index (κ2) is 16.1. The third kappa shape index (κ3) is 9.87. The number of rotatable bonds is 16. The summed E-state index contributed by atoms with van der Waals surface area (Å²) in [5.41, 5.74) is 3.35. The molecular formula is C34H42F2N2O3. The van der Waals surface area contributed by atoms with Gasteiger partial charge in [-0.05, 0) is 66.6 Å². The van der Waals surface area contributed by atoms with Gasteiger partial charge in [0.25, 0.3) is 5.91 Å². The van der Waals surface area contributed by atoms with E-state index in [4.69, 9.17) is 0 Å². The minimum atomic E-state index is -1.05. The lowest BCUT2D eigenvalue weighted by Crippen LogP contribution is -2.48. The number of nitrogens with one attached hydrogen (secondary N) is 2. The molecule has 0 aliphatic heterocycles. The van der Waals surface area contributed by atoms with Crippen LogP contribution >= 0.6 is 0 Å². The Hall–Kier alpha value is -3.42. The van der Waals surface area contributed by atoms with Gasteiger partial charge >= 0.3 is 0 Å². The first-order valence-electron chi connectivity index (χ1n) is 14.6. The first-order valence-corrected chi connectivity index (χ1v) is 14.6. The fourth-order valence-corrected chi connectivity index (χ4v) is 5.14. The van der Waals surface area contributed by atoms with Gasteiger partial charge in [-0.1, -0.05) is 70.0 Å². The highest BCUT2D eigenvalue weighted by atomic mass is 19.1. The second-order valence-corrected chi connectivity index (χ2v) is 10.7. The Kier molecular flexibility index (Phi) is 12.6. The van der Waals surface area contributed by atoms with Crippen molar-refractivity contribution < 1.29 is 23.5 Å². The third-order valence-corrected chi connectivity index (χ3v) is 7.30. The van der Waals surface area contributed by atoms with E-state index >= 15 is 0 Å². The van der Waals surface area contributed by atoms with Gasteiger partial charge in [0.1, 0.15) is 11.6 Å². The number of hydrogen-bond acceptors (Lipinski definition) is 4. The predicted molar refractivity (Wildman–Crippen MR) is 159 cm³/mol. The molecule has 0 fully saturated rings. The summed E-state index contributed by atoms with van der Waals surface area (Å²) in [6, 6.07) is 17.0. The lowest BCUT2D eigenvalue weighted by molar-refractivity contribution is 0.0829. The largest absolute Gasteiger partial charge is 0.390 e. The molecule has 3 aromatic carbocycles. The summed E-state index contributed by atoms with van der Waals surface area (Å²) in [5.74, 6) is -2.00. The number of halogens is 2. The van der Waals surface area contributed by atoms with Crippen molar-refractivity contribution in [2.75, 3.05) is 6.54 Å². The van der Waals surface area contributed by atoms with Crippen LogP contribution in [0, 0.1) is 17.6 Å². The van der Waals surface area contributed by atoms with E-state index in [2.05, 4.69) is 29.7 Å². The van der Waals surface area contributed by atoms with Crippen molar-refractivity contribution in [2.45, 2.75) is 78.0 Å². The molecule has 7 heteroatoms. The van der Waals surface area contributed by atoms with Crippen LogP contribution in [0.1, 0.15) is 83.9 Å². The molecule has 3 N–H and O–H groups in total. The normalized spacial score (nSPS) is 12.8. The van der Waals surface area contributed by atoms with Crippen molar-refractivity contribution >= 4 is 11.7 Å². The molecule has 0 heterocycles. The maximum atomic E-state index is 13.9. The molecule has 5 nitrogen and oxygen atoms in total. The Balaban J connectivity index is 1.76. The molecule has 41 heavy (non-hydrogen) atoms. The summed E-state index contributed by atoms with van der Waals surface area (Å²) in [7, 11) is 0. The van der Waals surface area contributed by atoms with E-state index in [-0.39, 0.29) is 30.2 Å². The zero-order valence-electron chi connectivity index (χ0n) is 24.3. The Morgan fingerprint density at radius 3 is 2.10 bits per heavy atom. The van der Waals surface area contributed by atoms with Crippen molar-refractivity contribution in [3.8, 4) is 0 Å². The number of carbonyl (C=O) groups excluding carboxylic acids is 2. The minimum absolute atomic E-state index is 0.0162. The summed E-state index contributed by atoms with van der Waals surface area (Å²) >= 11 is 0. The second-order valence-electron chi connectivity index (χ2n) is 10.7. The van der Waals surface area contributed by atoms with Crippen LogP contribution < -0.4 is 10.6 Å². The van der Waals surface area contributed by atoms with Gasteiger partial charge in [0.15, 0.2) is 5.78 Å². The molecule has 0 aromatic heterocycles. The molecule has 2 atom stereocenters. The van der Waals surface area contributed by atoms with E-state index < -0.39 is 29.7 Å². The minimum Gasteiger partial charge on any atom is -0.390 e. The van der Waals surface area contributed by atoms with Gasteiger partial charge in [-0.15, -0.1) is 0 Å². The van der Waals surface area contributed by atoms with E-state index in [1.807, 2.05) is 26.0 Å². The van der Waals surface area contributed by atoms with E-state index in [9.17, 15) is 23.5 Å². The number of amides is 1. The maximum Gasteiger partial charge on any atom is 0.251 e. The quantitative estimate of drug-likeness (QED) is 0.176. The first-order chi connectivity index (χ1) is 19.7. The number of benzene rings is 3. The van der Waals surface area contributed by atoms with Crippen LogP contribution in [0.5, 0.6) is 0 Å². The zero-order valence-corrected chi connectivity index (χ0v) is 24.3. The molecule has 3 rings (SSSR count). The number of carbonyl (C=O) groups is 2. The van der Waals surface area contributed by atoms with Crippen molar-refractivity contribution in [1.29, 1.82) is 0 Å². The number of aliphatic hydroxyl groups is 1. The van der Waals surface area contributed by atoms with E-state index in [1.165, 1.54) is 17.7 Å². The molecule has 0 spiro atoms.